The Morgan fingerprint density at radius 1 is 1.38 bits per heavy atom. The first-order chi connectivity index (χ1) is 10.0. The average Bonchev–Trinajstić information content (AvgIpc) is 2.84. The van der Waals surface area contributed by atoms with Crippen molar-refractivity contribution in [3.8, 4) is 5.75 Å². The van der Waals surface area contributed by atoms with Gasteiger partial charge in [0.15, 0.2) is 5.13 Å². The molecule has 0 aliphatic rings. The molecule has 6 nitrogen and oxygen atoms in total. The van der Waals surface area contributed by atoms with Gasteiger partial charge < -0.3 is 20.7 Å². The summed E-state index contributed by atoms with van der Waals surface area (Å²) < 4.78 is 5.35. The standard InChI is InChI=1S/C14H18N4O2S/c1-4-20-10-7-5-9(6-8-10)16-13(19)11-12(15)17-14(21-11)18(2)3/h5-8H,4,15H2,1-3H3,(H,16,19). The minimum Gasteiger partial charge on any atom is -0.494 e. The number of nitrogen functional groups attached to an aromatic ring is 1. The molecule has 112 valence electrons. The van der Waals surface area contributed by atoms with E-state index in [9.17, 15) is 4.79 Å². The first-order valence-corrected chi connectivity index (χ1v) is 7.30. The number of ether oxygens (including phenoxy) is 1. The van der Waals surface area contributed by atoms with Gasteiger partial charge in [-0.1, -0.05) is 11.3 Å². The van der Waals surface area contributed by atoms with E-state index >= 15 is 0 Å². The Hall–Kier alpha value is -2.28. The predicted molar refractivity (Wildman–Crippen MR) is 86.4 cm³/mol. The molecule has 2 rings (SSSR count). The van der Waals surface area contributed by atoms with Gasteiger partial charge in [0.1, 0.15) is 16.4 Å². The van der Waals surface area contributed by atoms with E-state index < -0.39 is 0 Å². The van der Waals surface area contributed by atoms with Crippen LogP contribution in [-0.4, -0.2) is 31.6 Å². The number of anilines is 3. The van der Waals surface area contributed by atoms with Gasteiger partial charge in [0.05, 0.1) is 6.61 Å². The molecule has 0 unspecified atom stereocenters. The van der Waals surface area contributed by atoms with E-state index in [1.165, 1.54) is 11.3 Å². The average molecular weight is 306 g/mol. The summed E-state index contributed by atoms with van der Waals surface area (Å²) in [6.45, 7) is 2.53. The van der Waals surface area contributed by atoms with Crippen LogP contribution in [0.15, 0.2) is 24.3 Å². The number of thiazole rings is 1. The van der Waals surface area contributed by atoms with Crippen LogP contribution >= 0.6 is 11.3 Å². The number of nitrogens with two attached hydrogens (primary N) is 1. The highest BCUT2D eigenvalue weighted by molar-refractivity contribution is 7.18. The molecular weight excluding hydrogens is 288 g/mol. The van der Waals surface area contributed by atoms with Gasteiger partial charge in [-0.15, -0.1) is 0 Å². The fourth-order valence-corrected chi connectivity index (χ4v) is 2.47. The Bertz CT molecular complexity index is 622. The van der Waals surface area contributed by atoms with Crippen molar-refractivity contribution in [3.05, 3.63) is 29.1 Å². The third kappa shape index (κ3) is 3.63. The molecule has 1 aromatic carbocycles. The zero-order chi connectivity index (χ0) is 15.4. The smallest absolute Gasteiger partial charge is 0.269 e. The fourth-order valence-electron chi connectivity index (χ4n) is 1.66. The molecule has 0 fully saturated rings. The van der Waals surface area contributed by atoms with Gasteiger partial charge in [0.25, 0.3) is 5.91 Å². The highest BCUT2D eigenvalue weighted by atomic mass is 32.1. The summed E-state index contributed by atoms with van der Waals surface area (Å²) >= 11 is 1.26. The van der Waals surface area contributed by atoms with Gasteiger partial charge in [-0.25, -0.2) is 4.98 Å². The Kier molecular flexibility index (Phi) is 4.64. The minimum absolute atomic E-state index is 0.243. The lowest BCUT2D eigenvalue weighted by Gasteiger charge is -2.06. The van der Waals surface area contributed by atoms with Crippen LogP contribution in [0.25, 0.3) is 0 Å². The molecular formula is C14H18N4O2S. The van der Waals surface area contributed by atoms with E-state index in [1.807, 2.05) is 25.9 Å². The number of rotatable bonds is 5. The number of aromatic nitrogens is 1. The van der Waals surface area contributed by atoms with Crippen LogP contribution in [0.5, 0.6) is 5.75 Å². The summed E-state index contributed by atoms with van der Waals surface area (Å²) in [6, 6.07) is 7.18. The number of hydrogen-bond donors (Lipinski definition) is 2. The number of carbonyl (C=O) groups excluding carboxylic acids is 1. The van der Waals surface area contributed by atoms with Gasteiger partial charge in [-0.3, -0.25) is 4.79 Å². The molecule has 0 saturated heterocycles. The first kappa shape index (κ1) is 15.1. The molecule has 0 radical (unpaired) electrons. The number of benzene rings is 1. The summed E-state index contributed by atoms with van der Waals surface area (Å²) in [4.78, 5) is 18.6. The molecule has 0 bridgehead atoms. The lowest BCUT2D eigenvalue weighted by atomic mass is 10.3. The molecule has 1 amide bonds. The minimum atomic E-state index is -0.262. The Morgan fingerprint density at radius 3 is 2.57 bits per heavy atom. The van der Waals surface area contributed by atoms with E-state index in [4.69, 9.17) is 10.5 Å². The van der Waals surface area contributed by atoms with Crippen LogP contribution in [0, 0.1) is 0 Å². The van der Waals surface area contributed by atoms with Crippen LogP contribution in [0.3, 0.4) is 0 Å². The van der Waals surface area contributed by atoms with Crippen LogP contribution in [0.1, 0.15) is 16.6 Å². The zero-order valence-corrected chi connectivity index (χ0v) is 13.0. The molecule has 3 N–H and O–H groups in total. The SMILES string of the molecule is CCOc1ccc(NC(=O)c2sc(N(C)C)nc2N)cc1. The van der Waals surface area contributed by atoms with E-state index in [2.05, 4.69) is 10.3 Å². The number of nitrogens with one attached hydrogen (secondary N) is 1. The van der Waals surface area contributed by atoms with Crippen LogP contribution in [0.4, 0.5) is 16.6 Å². The molecule has 1 heterocycles. The van der Waals surface area contributed by atoms with E-state index in [-0.39, 0.29) is 11.7 Å². The Labute approximate surface area is 127 Å². The first-order valence-electron chi connectivity index (χ1n) is 6.49. The Balaban J connectivity index is 2.10. The molecule has 0 atom stereocenters. The van der Waals surface area contributed by atoms with Crippen molar-refractivity contribution in [1.29, 1.82) is 0 Å². The summed E-state index contributed by atoms with van der Waals surface area (Å²) in [5.74, 6) is 0.747. The molecule has 7 heteroatoms. The number of amides is 1. The molecule has 1 aromatic heterocycles. The van der Waals surface area contributed by atoms with Crippen molar-refractivity contribution in [3.63, 3.8) is 0 Å². The maximum atomic E-state index is 12.2. The van der Waals surface area contributed by atoms with Gasteiger partial charge >= 0.3 is 0 Å². The van der Waals surface area contributed by atoms with Crippen molar-refractivity contribution in [1.82, 2.24) is 4.98 Å². The number of hydrogen-bond acceptors (Lipinski definition) is 6. The van der Waals surface area contributed by atoms with E-state index in [0.29, 0.717) is 22.3 Å². The molecule has 0 aliphatic heterocycles. The second-order valence-corrected chi connectivity index (χ2v) is 5.49. The summed E-state index contributed by atoms with van der Waals surface area (Å²) in [6.07, 6.45) is 0. The predicted octanol–water partition coefficient (Wildman–Crippen LogP) is 2.44. The normalized spacial score (nSPS) is 10.2. The van der Waals surface area contributed by atoms with Gasteiger partial charge in [-0.05, 0) is 31.2 Å². The van der Waals surface area contributed by atoms with Crippen molar-refractivity contribution >= 4 is 33.9 Å². The summed E-state index contributed by atoms with van der Waals surface area (Å²) in [5.41, 5.74) is 6.47. The quantitative estimate of drug-likeness (QED) is 0.887. The van der Waals surface area contributed by atoms with Crippen molar-refractivity contribution in [2.75, 3.05) is 36.7 Å². The van der Waals surface area contributed by atoms with Crippen LogP contribution < -0.4 is 20.7 Å². The highest BCUT2D eigenvalue weighted by Gasteiger charge is 2.17. The topological polar surface area (TPSA) is 80.5 Å². The second-order valence-electron chi connectivity index (χ2n) is 4.52. The van der Waals surface area contributed by atoms with Gasteiger partial charge in [-0.2, -0.15) is 0 Å². The third-order valence-electron chi connectivity index (χ3n) is 2.65. The van der Waals surface area contributed by atoms with Crippen LogP contribution in [0.2, 0.25) is 0 Å². The molecule has 0 saturated carbocycles. The molecule has 0 spiro atoms. The number of nitrogens with zero attached hydrogens (tertiary/aromatic N) is 2. The lowest BCUT2D eigenvalue weighted by Crippen LogP contribution is -2.12. The molecule has 2 aromatic rings. The molecule has 21 heavy (non-hydrogen) atoms. The third-order valence-corrected chi connectivity index (χ3v) is 3.89. The number of carbonyl (C=O) groups is 1. The molecule has 0 aliphatic carbocycles. The van der Waals surface area contributed by atoms with E-state index in [1.54, 1.807) is 24.3 Å². The van der Waals surface area contributed by atoms with E-state index in [0.717, 1.165) is 5.75 Å². The Morgan fingerprint density at radius 2 is 2.05 bits per heavy atom. The zero-order valence-electron chi connectivity index (χ0n) is 12.2. The van der Waals surface area contributed by atoms with Crippen molar-refractivity contribution in [2.45, 2.75) is 6.92 Å². The maximum absolute atomic E-state index is 12.2. The van der Waals surface area contributed by atoms with Gasteiger partial charge in [0, 0.05) is 19.8 Å². The largest absolute Gasteiger partial charge is 0.494 e. The van der Waals surface area contributed by atoms with Crippen LogP contribution in [-0.2, 0) is 0 Å². The van der Waals surface area contributed by atoms with Crippen molar-refractivity contribution < 1.29 is 9.53 Å². The monoisotopic (exact) mass is 306 g/mol. The van der Waals surface area contributed by atoms with Crippen molar-refractivity contribution in [2.24, 2.45) is 0 Å². The summed E-state index contributed by atoms with van der Waals surface area (Å²) in [5, 5.41) is 3.50. The lowest BCUT2D eigenvalue weighted by molar-refractivity contribution is 0.103. The fraction of sp³-hybridized carbons (Fsp3) is 0.286. The summed E-state index contributed by atoms with van der Waals surface area (Å²) in [7, 11) is 3.71. The highest BCUT2D eigenvalue weighted by Crippen LogP contribution is 2.27. The van der Waals surface area contributed by atoms with Gasteiger partial charge in [0.2, 0.25) is 0 Å². The maximum Gasteiger partial charge on any atom is 0.269 e. The second kappa shape index (κ2) is 6.45.